The lowest BCUT2D eigenvalue weighted by Crippen LogP contribution is -2.31. The standard InChI is InChI=1S/C19H16BIOP/c1-22-19-14-17(12-13-18(19)21)23(20,15-8-4-2-5-9-15)16-10-6-3-7-11-16/h2-14H,1H3. The van der Waals surface area contributed by atoms with Gasteiger partial charge in [-0.2, -0.15) is 7.14 Å². The van der Waals surface area contributed by atoms with E-state index >= 15 is 0 Å². The SMILES string of the molecule is [B-][P+](c1ccccc1)(c1ccccc1)c1ccc(I)c(OC)c1. The zero-order chi connectivity index (χ0) is 16.3. The van der Waals surface area contributed by atoms with Crippen molar-refractivity contribution in [2.75, 3.05) is 7.11 Å². The maximum absolute atomic E-state index is 7.09. The van der Waals surface area contributed by atoms with E-state index in [9.17, 15) is 0 Å². The van der Waals surface area contributed by atoms with Gasteiger partial charge < -0.3 is 4.74 Å². The Morgan fingerprint density at radius 3 is 1.78 bits per heavy atom. The molecule has 3 rings (SSSR count). The molecule has 3 radical (unpaired) electrons. The number of methoxy groups -OCH3 is 1. The first-order valence-electron chi connectivity index (χ1n) is 7.29. The van der Waals surface area contributed by atoms with Crippen molar-refractivity contribution in [3.63, 3.8) is 0 Å². The highest BCUT2D eigenvalue weighted by Gasteiger charge is 2.28. The van der Waals surface area contributed by atoms with E-state index in [1.54, 1.807) is 7.11 Å². The Hall–Kier alpha value is -1.32. The Morgan fingerprint density at radius 1 is 0.783 bits per heavy atom. The average molecular weight is 429 g/mol. The van der Waals surface area contributed by atoms with Crippen LogP contribution in [0.15, 0.2) is 78.9 Å². The largest absolute Gasteiger partial charge is 0.495 e. The van der Waals surface area contributed by atoms with Crippen LogP contribution in [0.1, 0.15) is 0 Å². The number of hydrogen-bond donors (Lipinski definition) is 0. The Morgan fingerprint density at radius 2 is 1.30 bits per heavy atom. The summed E-state index contributed by atoms with van der Waals surface area (Å²) in [5.74, 6) is 0.866. The van der Waals surface area contributed by atoms with Gasteiger partial charge in [0.25, 0.3) is 0 Å². The van der Waals surface area contributed by atoms with Crippen molar-refractivity contribution in [1.82, 2.24) is 0 Å². The molecule has 0 spiro atoms. The molecular formula is C19H16BIOP. The van der Waals surface area contributed by atoms with Gasteiger partial charge in [-0.1, -0.05) is 36.4 Å². The summed E-state index contributed by atoms with van der Waals surface area (Å²) in [6.07, 6.45) is 0. The Balaban J connectivity index is 2.25. The molecule has 4 heteroatoms. The number of benzene rings is 3. The topological polar surface area (TPSA) is 9.23 Å². The number of ether oxygens (including phenoxy) is 1. The Labute approximate surface area is 152 Å². The first-order valence-corrected chi connectivity index (χ1v) is 10.2. The van der Waals surface area contributed by atoms with Crippen molar-refractivity contribution in [1.29, 1.82) is 0 Å². The summed E-state index contributed by atoms with van der Waals surface area (Å²) < 4.78 is 6.59. The van der Waals surface area contributed by atoms with E-state index in [1.807, 2.05) is 36.4 Å². The number of halogens is 1. The molecule has 0 aliphatic heterocycles. The lowest BCUT2D eigenvalue weighted by atomic mass is 10.3. The van der Waals surface area contributed by atoms with Crippen molar-refractivity contribution >= 4 is 53.2 Å². The van der Waals surface area contributed by atoms with Crippen molar-refractivity contribution in [2.45, 2.75) is 0 Å². The highest BCUT2D eigenvalue weighted by atomic mass is 127. The zero-order valence-corrected chi connectivity index (χ0v) is 15.9. The van der Waals surface area contributed by atoms with Crippen LogP contribution in [0.4, 0.5) is 0 Å². The molecule has 0 aromatic heterocycles. The highest BCUT2D eigenvalue weighted by molar-refractivity contribution is 14.1. The van der Waals surface area contributed by atoms with Crippen molar-refractivity contribution in [2.24, 2.45) is 0 Å². The molecule has 0 amide bonds. The molecule has 0 bridgehead atoms. The second kappa shape index (κ2) is 7.06. The van der Waals surface area contributed by atoms with Crippen molar-refractivity contribution in [3.05, 3.63) is 82.4 Å². The molecule has 0 fully saturated rings. The monoisotopic (exact) mass is 429 g/mol. The minimum Gasteiger partial charge on any atom is -0.495 e. The molecule has 3 aromatic rings. The van der Waals surface area contributed by atoms with E-state index < -0.39 is 7.14 Å². The summed E-state index contributed by atoms with van der Waals surface area (Å²) >= 11 is 2.28. The number of rotatable bonds is 4. The Kier molecular flexibility index (Phi) is 5.08. The quantitative estimate of drug-likeness (QED) is 0.350. The predicted octanol–water partition coefficient (Wildman–Crippen LogP) is 3.68. The minimum absolute atomic E-state index is 0.866. The first kappa shape index (κ1) is 16.5. The third-order valence-electron chi connectivity index (χ3n) is 3.87. The highest BCUT2D eigenvalue weighted by Crippen LogP contribution is 2.50. The first-order chi connectivity index (χ1) is 11.2. The number of hydrogen-bond acceptors (Lipinski definition) is 1. The lowest BCUT2D eigenvalue weighted by molar-refractivity contribution is 0.412. The maximum Gasteiger partial charge on any atom is 0.135 e. The van der Waals surface area contributed by atoms with E-state index in [1.165, 1.54) is 0 Å². The summed E-state index contributed by atoms with van der Waals surface area (Å²) in [5, 5.41) is 3.44. The molecule has 0 atom stereocenters. The van der Waals surface area contributed by atoms with E-state index in [0.717, 1.165) is 25.2 Å². The van der Waals surface area contributed by atoms with Crippen LogP contribution < -0.4 is 20.7 Å². The summed E-state index contributed by atoms with van der Waals surface area (Å²) in [4.78, 5) is 0. The molecular weight excluding hydrogens is 413 g/mol. The molecule has 0 saturated heterocycles. The van der Waals surface area contributed by atoms with E-state index in [2.05, 4.69) is 65.1 Å². The van der Waals surface area contributed by atoms with Gasteiger partial charge in [0, 0.05) is 6.07 Å². The zero-order valence-electron chi connectivity index (χ0n) is 12.8. The smallest absolute Gasteiger partial charge is 0.135 e. The molecule has 0 N–H and O–H groups in total. The summed E-state index contributed by atoms with van der Waals surface area (Å²) in [7, 11) is 6.62. The van der Waals surface area contributed by atoms with E-state index in [0.29, 0.717) is 0 Å². The fourth-order valence-corrected chi connectivity index (χ4v) is 6.01. The van der Waals surface area contributed by atoms with Gasteiger partial charge in [0.15, 0.2) is 0 Å². The van der Waals surface area contributed by atoms with E-state index in [4.69, 9.17) is 12.3 Å². The van der Waals surface area contributed by atoms with Crippen molar-refractivity contribution in [3.8, 4) is 5.75 Å². The van der Waals surface area contributed by atoms with Crippen LogP contribution >= 0.6 is 29.7 Å². The second-order valence-corrected chi connectivity index (χ2v) is 9.37. The second-order valence-electron chi connectivity index (χ2n) is 5.21. The molecule has 3 aromatic carbocycles. The third-order valence-corrected chi connectivity index (χ3v) is 8.08. The molecule has 0 heterocycles. The average Bonchev–Trinajstić information content (AvgIpc) is 2.63. The molecule has 0 saturated carbocycles. The van der Waals surface area contributed by atoms with Crippen LogP contribution in [0.2, 0.25) is 0 Å². The van der Waals surface area contributed by atoms with Crippen LogP contribution in [0.25, 0.3) is 0 Å². The van der Waals surface area contributed by atoms with Gasteiger partial charge in [-0.3, -0.25) is 7.57 Å². The van der Waals surface area contributed by atoms with E-state index in [-0.39, 0.29) is 0 Å². The van der Waals surface area contributed by atoms with Gasteiger partial charge in [-0.15, -0.1) is 0 Å². The van der Waals surface area contributed by atoms with Gasteiger partial charge in [0.2, 0.25) is 0 Å². The van der Waals surface area contributed by atoms with Crippen LogP contribution in [0, 0.1) is 3.57 Å². The van der Waals surface area contributed by atoms with Gasteiger partial charge in [0.1, 0.15) is 5.75 Å². The summed E-state index contributed by atoms with van der Waals surface area (Å²) in [6, 6.07) is 27.0. The Bertz CT molecular complexity index is 753. The normalized spacial score (nSPS) is 11.3. The third kappa shape index (κ3) is 3.18. The van der Waals surface area contributed by atoms with Crippen LogP contribution in [0.3, 0.4) is 0 Å². The molecule has 0 aliphatic carbocycles. The maximum atomic E-state index is 7.09. The molecule has 0 unspecified atom stereocenters. The van der Waals surface area contributed by atoms with Crippen LogP contribution in [-0.2, 0) is 0 Å². The van der Waals surface area contributed by atoms with Gasteiger partial charge in [0.05, 0.1) is 26.6 Å². The summed E-state index contributed by atoms with van der Waals surface area (Å²) in [6.45, 7) is 0. The summed E-state index contributed by atoms with van der Waals surface area (Å²) in [5.41, 5.74) is 0. The molecule has 1 nitrogen and oxygen atoms in total. The lowest BCUT2D eigenvalue weighted by Gasteiger charge is -2.36. The fraction of sp³-hybridized carbons (Fsp3) is 0.0526. The minimum atomic E-state index is -2.17. The van der Waals surface area contributed by atoms with Crippen LogP contribution in [-0.4, -0.2) is 14.7 Å². The van der Waals surface area contributed by atoms with Crippen LogP contribution in [0.5, 0.6) is 5.75 Å². The van der Waals surface area contributed by atoms with Gasteiger partial charge in [-0.05, 0) is 59.0 Å². The molecule has 0 aliphatic rings. The molecule has 113 valence electrons. The predicted molar refractivity (Wildman–Crippen MR) is 110 cm³/mol. The fourth-order valence-electron chi connectivity index (χ4n) is 2.64. The molecule has 23 heavy (non-hydrogen) atoms. The van der Waals surface area contributed by atoms with Crippen molar-refractivity contribution < 1.29 is 4.74 Å². The van der Waals surface area contributed by atoms with Gasteiger partial charge in [-0.25, -0.2) is 0 Å². The van der Waals surface area contributed by atoms with Gasteiger partial charge >= 0.3 is 0 Å².